The molecule has 6 nitrogen and oxygen atoms in total. The third kappa shape index (κ3) is 4.94. The van der Waals surface area contributed by atoms with Crippen LogP contribution in [0.2, 0.25) is 0 Å². The number of hydrogen-bond donors (Lipinski definition) is 2. The number of nitrogens with one attached hydrogen (secondary N) is 2. The van der Waals surface area contributed by atoms with Crippen LogP contribution in [0, 0.1) is 13.8 Å². The zero-order valence-corrected chi connectivity index (χ0v) is 16.7. The molecule has 140 valence electrons. The van der Waals surface area contributed by atoms with E-state index in [4.69, 9.17) is 0 Å². The first kappa shape index (κ1) is 18.6. The fourth-order valence-corrected chi connectivity index (χ4v) is 3.93. The van der Waals surface area contributed by atoms with Crippen LogP contribution < -0.4 is 15.5 Å². The minimum absolute atomic E-state index is 0.711. The first-order valence-corrected chi connectivity index (χ1v) is 10.0. The first-order valence-electron chi connectivity index (χ1n) is 9.23. The fraction of sp³-hybridized carbons (Fsp3) is 0.526. The van der Waals surface area contributed by atoms with E-state index in [1.54, 1.807) is 18.4 Å². The maximum Gasteiger partial charge on any atom is 0.191 e. The molecule has 1 fully saturated rings. The predicted octanol–water partition coefficient (Wildman–Crippen LogP) is 2.66. The molecule has 0 unspecified atom stereocenters. The van der Waals surface area contributed by atoms with Gasteiger partial charge in [0.05, 0.1) is 10.7 Å². The Balaban J connectivity index is 1.43. The molecule has 2 aromatic heterocycles. The van der Waals surface area contributed by atoms with Crippen molar-refractivity contribution < 1.29 is 0 Å². The number of aryl methyl sites for hydroxylation is 2. The minimum atomic E-state index is 0.711. The van der Waals surface area contributed by atoms with E-state index in [0.717, 1.165) is 49.1 Å². The molecule has 2 N–H and O–H groups in total. The van der Waals surface area contributed by atoms with Crippen molar-refractivity contribution in [2.45, 2.75) is 39.7 Å². The summed E-state index contributed by atoms with van der Waals surface area (Å²) in [6.07, 6.45) is 5.40. The molecule has 3 rings (SSSR count). The van der Waals surface area contributed by atoms with Gasteiger partial charge in [0.1, 0.15) is 5.82 Å². The number of hydrogen-bond acceptors (Lipinski definition) is 5. The molecule has 0 saturated carbocycles. The standard InChI is InChI=1S/C19H28N6S/c1-14-15(2)26-18(24-14)8-9-21-19(20-3)23-13-16-6-7-17(22-12-16)25-10-4-5-11-25/h6-7,12H,4-5,8-11,13H2,1-3H3,(H2,20,21,23). The molecule has 0 radical (unpaired) electrons. The molecule has 0 atom stereocenters. The summed E-state index contributed by atoms with van der Waals surface area (Å²) in [5.74, 6) is 1.89. The number of aromatic nitrogens is 2. The number of nitrogens with zero attached hydrogens (tertiary/aromatic N) is 4. The molecule has 3 heterocycles. The summed E-state index contributed by atoms with van der Waals surface area (Å²) in [5.41, 5.74) is 2.29. The topological polar surface area (TPSA) is 65.4 Å². The summed E-state index contributed by atoms with van der Waals surface area (Å²) in [7, 11) is 1.79. The second-order valence-electron chi connectivity index (χ2n) is 6.57. The normalized spacial score (nSPS) is 14.7. The van der Waals surface area contributed by atoms with Gasteiger partial charge in [-0.15, -0.1) is 11.3 Å². The first-order chi connectivity index (χ1) is 12.7. The maximum absolute atomic E-state index is 4.60. The lowest BCUT2D eigenvalue weighted by Crippen LogP contribution is -2.37. The van der Waals surface area contributed by atoms with E-state index >= 15 is 0 Å². The van der Waals surface area contributed by atoms with Crippen LogP contribution in [0.15, 0.2) is 23.3 Å². The molecule has 1 aliphatic heterocycles. The van der Waals surface area contributed by atoms with Crippen molar-refractivity contribution in [2.24, 2.45) is 4.99 Å². The third-order valence-corrected chi connectivity index (χ3v) is 5.76. The van der Waals surface area contributed by atoms with Crippen molar-refractivity contribution in [2.75, 3.05) is 31.6 Å². The van der Waals surface area contributed by atoms with E-state index in [1.807, 2.05) is 6.20 Å². The van der Waals surface area contributed by atoms with Crippen LogP contribution in [-0.2, 0) is 13.0 Å². The maximum atomic E-state index is 4.60. The molecule has 0 bridgehead atoms. The second-order valence-corrected chi connectivity index (χ2v) is 7.86. The van der Waals surface area contributed by atoms with E-state index in [2.05, 4.69) is 56.5 Å². The summed E-state index contributed by atoms with van der Waals surface area (Å²) < 4.78 is 0. The number of pyridine rings is 1. The molecule has 0 aromatic carbocycles. The third-order valence-electron chi connectivity index (χ3n) is 4.63. The van der Waals surface area contributed by atoms with E-state index in [0.29, 0.717) is 6.54 Å². The van der Waals surface area contributed by atoms with Gasteiger partial charge in [-0.2, -0.15) is 0 Å². The zero-order valence-electron chi connectivity index (χ0n) is 15.9. The number of aliphatic imine (C=N–C) groups is 1. The van der Waals surface area contributed by atoms with Crippen molar-refractivity contribution in [3.05, 3.63) is 39.5 Å². The highest BCUT2D eigenvalue weighted by molar-refractivity contribution is 7.11. The number of guanidine groups is 1. The fourth-order valence-electron chi connectivity index (χ4n) is 2.99. The predicted molar refractivity (Wildman–Crippen MR) is 109 cm³/mol. The Labute approximate surface area is 159 Å². The quantitative estimate of drug-likeness (QED) is 0.603. The van der Waals surface area contributed by atoms with Gasteiger partial charge in [-0.25, -0.2) is 9.97 Å². The SMILES string of the molecule is CN=C(NCCc1nc(C)c(C)s1)NCc1ccc(N2CCCC2)nc1. The van der Waals surface area contributed by atoms with Crippen LogP contribution in [0.4, 0.5) is 5.82 Å². The van der Waals surface area contributed by atoms with Crippen LogP contribution in [0.5, 0.6) is 0 Å². The van der Waals surface area contributed by atoms with Crippen LogP contribution in [-0.4, -0.2) is 42.6 Å². The Kier molecular flexibility index (Phi) is 6.44. The van der Waals surface area contributed by atoms with Gasteiger partial charge >= 0.3 is 0 Å². The van der Waals surface area contributed by atoms with E-state index in [-0.39, 0.29) is 0 Å². The van der Waals surface area contributed by atoms with Gasteiger partial charge in [0, 0.05) is 50.7 Å². The van der Waals surface area contributed by atoms with Crippen molar-refractivity contribution in [3.8, 4) is 0 Å². The summed E-state index contributed by atoms with van der Waals surface area (Å²) in [6.45, 7) is 7.96. The highest BCUT2D eigenvalue weighted by Crippen LogP contribution is 2.18. The highest BCUT2D eigenvalue weighted by Gasteiger charge is 2.13. The number of thiazole rings is 1. The lowest BCUT2D eigenvalue weighted by Gasteiger charge is -2.16. The van der Waals surface area contributed by atoms with Crippen LogP contribution >= 0.6 is 11.3 Å². The largest absolute Gasteiger partial charge is 0.357 e. The van der Waals surface area contributed by atoms with Gasteiger partial charge in [0.15, 0.2) is 5.96 Å². The average Bonchev–Trinajstić information content (AvgIpc) is 3.29. The van der Waals surface area contributed by atoms with Gasteiger partial charge in [0.2, 0.25) is 0 Å². The number of rotatable bonds is 6. The molecule has 0 aliphatic carbocycles. The molecular formula is C19H28N6S. The lowest BCUT2D eigenvalue weighted by molar-refractivity contribution is 0.788. The smallest absolute Gasteiger partial charge is 0.191 e. The Hall–Kier alpha value is -2.15. The van der Waals surface area contributed by atoms with Crippen molar-refractivity contribution in [1.29, 1.82) is 0 Å². The molecule has 1 aliphatic rings. The van der Waals surface area contributed by atoms with Crippen molar-refractivity contribution in [3.63, 3.8) is 0 Å². The van der Waals surface area contributed by atoms with Crippen LogP contribution in [0.3, 0.4) is 0 Å². The Morgan fingerprint density at radius 2 is 2.04 bits per heavy atom. The van der Waals surface area contributed by atoms with Gasteiger partial charge < -0.3 is 15.5 Å². The van der Waals surface area contributed by atoms with E-state index in [9.17, 15) is 0 Å². The molecule has 26 heavy (non-hydrogen) atoms. The minimum Gasteiger partial charge on any atom is -0.357 e. The summed E-state index contributed by atoms with van der Waals surface area (Å²) in [5, 5.41) is 7.87. The van der Waals surface area contributed by atoms with E-state index in [1.165, 1.54) is 22.7 Å². The van der Waals surface area contributed by atoms with Crippen molar-refractivity contribution in [1.82, 2.24) is 20.6 Å². The number of anilines is 1. The second kappa shape index (κ2) is 8.98. The summed E-state index contributed by atoms with van der Waals surface area (Å²) >= 11 is 1.77. The summed E-state index contributed by atoms with van der Waals surface area (Å²) in [4.78, 5) is 17.1. The lowest BCUT2D eigenvalue weighted by atomic mass is 10.3. The molecule has 1 saturated heterocycles. The molecule has 0 spiro atoms. The Morgan fingerprint density at radius 1 is 1.23 bits per heavy atom. The zero-order chi connectivity index (χ0) is 18.4. The van der Waals surface area contributed by atoms with Gasteiger partial charge in [0.25, 0.3) is 0 Å². The molecule has 2 aromatic rings. The monoisotopic (exact) mass is 372 g/mol. The Bertz CT molecular complexity index is 711. The van der Waals surface area contributed by atoms with Crippen LogP contribution in [0.25, 0.3) is 0 Å². The summed E-state index contributed by atoms with van der Waals surface area (Å²) in [6, 6.07) is 4.26. The van der Waals surface area contributed by atoms with E-state index < -0.39 is 0 Å². The van der Waals surface area contributed by atoms with Gasteiger partial charge in [-0.1, -0.05) is 6.07 Å². The van der Waals surface area contributed by atoms with Crippen LogP contribution in [0.1, 0.15) is 34.0 Å². The highest BCUT2D eigenvalue weighted by atomic mass is 32.1. The Morgan fingerprint density at radius 3 is 2.65 bits per heavy atom. The molecular weight excluding hydrogens is 344 g/mol. The molecule has 0 amide bonds. The molecule has 7 heteroatoms. The van der Waals surface area contributed by atoms with Gasteiger partial charge in [-0.05, 0) is 38.3 Å². The van der Waals surface area contributed by atoms with Gasteiger partial charge in [-0.3, -0.25) is 4.99 Å². The van der Waals surface area contributed by atoms with Crippen molar-refractivity contribution >= 4 is 23.1 Å². The average molecular weight is 373 g/mol.